The zero-order chi connectivity index (χ0) is 19.4. The molecule has 27 heavy (non-hydrogen) atoms. The Labute approximate surface area is 164 Å². The van der Waals surface area contributed by atoms with Crippen molar-refractivity contribution in [3.8, 4) is 11.5 Å². The minimum Gasteiger partial charge on any atom is -0.425 e. The zero-order valence-corrected chi connectivity index (χ0v) is 16.4. The molecule has 2 saturated carbocycles. The summed E-state index contributed by atoms with van der Waals surface area (Å²) in [6.07, 6.45) is 8.15. The summed E-state index contributed by atoms with van der Waals surface area (Å²) in [6.45, 7) is 2.16. The molecule has 0 spiro atoms. The smallest absolute Gasteiger partial charge is 0.314 e. The van der Waals surface area contributed by atoms with Crippen molar-refractivity contribution in [1.82, 2.24) is 0 Å². The van der Waals surface area contributed by atoms with Crippen LogP contribution < -0.4 is 9.47 Å². The van der Waals surface area contributed by atoms with Gasteiger partial charge in [0.25, 0.3) is 0 Å². The number of hydrogen-bond donors (Lipinski definition) is 0. The molecule has 4 nitrogen and oxygen atoms in total. The molecular weight excluding hydrogens is 371 g/mol. The van der Waals surface area contributed by atoms with Crippen molar-refractivity contribution in [2.75, 3.05) is 0 Å². The van der Waals surface area contributed by atoms with E-state index in [0.717, 1.165) is 57.8 Å². The summed E-state index contributed by atoms with van der Waals surface area (Å²) in [4.78, 5) is 24.5. The summed E-state index contributed by atoms with van der Waals surface area (Å²) >= 11 is 6.03. The Hall–Kier alpha value is -1.62. The van der Waals surface area contributed by atoms with Gasteiger partial charge in [-0.3, -0.25) is 9.59 Å². The molecule has 0 saturated heterocycles. The molecule has 3 rings (SSSR count). The molecule has 2 fully saturated rings. The number of hydrogen-bond acceptors (Lipinski definition) is 4. The second kappa shape index (κ2) is 9.05. The van der Waals surface area contributed by atoms with E-state index in [1.165, 1.54) is 12.1 Å². The third kappa shape index (κ3) is 5.01. The number of benzene rings is 1. The summed E-state index contributed by atoms with van der Waals surface area (Å²) in [5.74, 6) is -1.69. The second-order valence-electron chi connectivity index (χ2n) is 7.82. The number of ether oxygens (including phenoxy) is 2. The maximum Gasteiger partial charge on any atom is 0.314 e. The van der Waals surface area contributed by atoms with Crippen LogP contribution in [0.15, 0.2) is 12.1 Å². The van der Waals surface area contributed by atoms with Gasteiger partial charge in [-0.1, -0.05) is 37.8 Å². The van der Waals surface area contributed by atoms with Crippen LogP contribution in [0.3, 0.4) is 0 Å². The molecule has 0 atom stereocenters. The molecule has 6 heteroatoms. The number of esters is 2. The van der Waals surface area contributed by atoms with Gasteiger partial charge in [-0.25, -0.2) is 4.39 Å². The average Bonchev–Trinajstić information content (AvgIpc) is 2.68. The summed E-state index contributed by atoms with van der Waals surface area (Å²) in [6, 6.07) is 2.69. The lowest BCUT2D eigenvalue weighted by atomic mass is 9.83. The van der Waals surface area contributed by atoms with Crippen LogP contribution in [0.2, 0.25) is 5.02 Å². The van der Waals surface area contributed by atoms with Gasteiger partial charge in [-0.15, -0.1) is 0 Å². The molecule has 0 heterocycles. The van der Waals surface area contributed by atoms with Gasteiger partial charge in [0.2, 0.25) is 0 Å². The van der Waals surface area contributed by atoms with E-state index in [2.05, 4.69) is 6.92 Å². The topological polar surface area (TPSA) is 52.6 Å². The number of rotatable bonds is 4. The molecule has 0 aliphatic heterocycles. The molecule has 1 aromatic carbocycles. The normalized spacial score (nSPS) is 23.7. The molecular formula is C21H26ClFO4. The molecule has 0 bridgehead atoms. The first-order valence-electron chi connectivity index (χ1n) is 9.87. The van der Waals surface area contributed by atoms with Crippen LogP contribution in [-0.4, -0.2) is 11.9 Å². The zero-order valence-electron chi connectivity index (χ0n) is 15.6. The van der Waals surface area contributed by atoms with Crippen molar-refractivity contribution in [2.45, 2.75) is 64.7 Å². The molecule has 1 aromatic rings. The summed E-state index contributed by atoms with van der Waals surface area (Å²) in [5, 5.41) is -0.332. The van der Waals surface area contributed by atoms with Gasteiger partial charge < -0.3 is 9.47 Å². The van der Waals surface area contributed by atoms with E-state index in [1.807, 2.05) is 0 Å². The fraction of sp³-hybridized carbons (Fsp3) is 0.619. The molecule has 0 unspecified atom stereocenters. The third-order valence-corrected chi connectivity index (χ3v) is 6.07. The van der Waals surface area contributed by atoms with Crippen LogP contribution in [0.1, 0.15) is 64.7 Å². The van der Waals surface area contributed by atoms with Gasteiger partial charge in [0, 0.05) is 0 Å². The minimum atomic E-state index is -0.872. The van der Waals surface area contributed by atoms with E-state index in [9.17, 15) is 14.0 Å². The van der Waals surface area contributed by atoms with Gasteiger partial charge in [0.1, 0.15) is 5.02 Å². The quantitative estimate of drug-likeness (QED) is 0.484. The predicted octanol–water partition coefficient (Wildman–Crippen LogP) is 5.70. The van der Waals surface area contributed by atoms with E-state index in [1.54, 1.807) is 0 Å². The van der Waals surface area contributed by atoms with Crippen molar-refractivity contribution in [2.24, 2.45) is 17.8 Å². The van der Waals surface area contributed by atoms with Crippen LogP contribution in [0.4, 0.5) is 4.39 Å². The molecule has 0 radical (unpaired) electrons. The van der Waals surface area contributed by atoms with Crippen LogP contribution in [0.5, 0.6) is 11.5 Å². The standard InChI is InChI=1S/C21H26ClFO4/c1-13-7-9-15(10-8-13)21(25)27-17-12-11-16(18(22)19(17)23)26-20(24)14-5-3-2-4-6-14/h11-15H,2-10H2,1H3. The highest BCUT2D eigenvalue weighted by Gasteiger charge is 2.28. The summed E-state index contributed by atoms with van der Waals surface area (Å²) in [5.41, 5.74) is 0. The van der Waals surface area contributed by atoms with Crippen molar-refractivity contribution in [3.63, 3.8) is 0 Å². The Morgan fingerprint density at radius 2 is 1.41 bits per heavy atom. The Balaban J connectivity index is 1.64. The first-order valence-corrected chi connectivity index (χ1v) is 10.2. The monoisotopic (exact) mass is 396 g/mol. The highest BCUT2D eigenvalue weighted by atomic mass is 35.5. The third-order valence-electron chi connectivity index (χ3n) is 5.72. The number of carbonyl (C=O) groups is 2. The number of carbonyl (C=O) groups excluding carboxylic acids is 2. The molecule has 0 amide bonds. The van der Waals surface area contributed by atoms with Gasteiger partial charge in [-0.2, -0.15) is 0 Å². The van der Waals surface area contributed by atoms with E-state index < -0.39 is 11.8 Å². The van der Waals surface area contributed by atoms with Crippen molar-refractivity contribution in [1.29, 1.82) is 0 Å². The summed E-state index contributed by atoms with van der Waals surface area (Å²) < 4.78 is 25.1. The maximum atomic E-state index is 14.5. The molecule has 148 valence electrons. The first-order chi connectivity index (χ1) is 13.0. The lowest BCUT2D eigenvalue weighted by Gasteiger charge is -2.24. The highest BCUT2D eigenvalue weighted by molar-refractivity contribution is 6.32. The Morgan fingerprint density at radius 3 is 2.04 bits per heavy atom. The maximum absolute atomic E-state index is 14.5. The average molecular weight is 397 g/mol. The van der Waals surface area contributed by atoms with Gasteiger partial charge >= 0.3 is 11.9 Å². The van der Waals surface area contributed by atoms with E-state index >= 15 is 0 Å². The SMILES string of the molecule is CC1CCC(C(=O)Oc2ccc(OC(=O)C3CCCCC3)c(Cl)c2F)CC1. The first kappa shape index (κ1) is 20.1. The van der Waals surface area contributed by atoms with Crippen molar-refractivity contribution < 1.29 is 23.5 Å². The Morgan fingerprint density at radius 1 is 0.889 bits per heavy atom. The molecule has 2 aliphatic rings. The Kier molecular flexibility index (Phi) is 6.74. The van der Waals surface area contributed by atoms with E-state index in [0.29, 0.717) is 5.92 Å². The lowest BCUT2D eigenvalue weighted by molar-refractivity contribution is -0.141. The van der Waals surface area contributed by atoms with Crippen LogP contribution in [0, 0.1) is 23.6 Å². The Bertz CT molecular complexity index is 692. The number of halogens is 2. The predicted molar refractivity (Wildman–Crippen MR) is 100 cm³/mol. The van der Waals surface area contributed by atoms with Crippen molar-refractivity contribution >= 4 is 23.5 Å². The largest absolute Gasteiger partial charge is 0.425 e. The van der Waals surface area contributed by atoms with Gasteiger partial charge in [-0.05, 0) is 56.6 Å². The van der Waals surface area contributed by atoms with Crippen LogP contribution in [0.25, 0.3) is 0 Å². The lowest BCUT2D eigenvalue weighted by Crippen LogP contribution is -2.25. The molecule has 0 aromatic heterocycles. The van der Waals surface area contributed by atoms with Crippen LogP contribution in [-0.2, 0) is 9.59 Å². The van der Waals surface area contributed by atoms with Crippen molar-refractivity contribution in [3.05, 3.63) is 23.0 Å². The van der Waals surface area contributed by atoms with Crippen LogP contribution >= 0.6 is 11.6 Å². The minimum absolute atomic E-state index is 0.0315. The molecule has 0 N–H and O–H groups in total. The fourth-order valence-corrected chi connectivity index (χ4v) is 4.08. The van der Waals surface area contributed by atoms with Gasteiger partial charge in [0.05, 0.1) is 11.8 Å². The van der Waals surface area contributed by atoms with E-state index in [-0.39, 0.29) is 34.3 Å². The second-order valence-corrected chi connectivity index (χ2v) is 8.20. The van der Waals surface area contributed by atoms with E-state index in [4.69, 9.17) is 21.1 Å². The van der Waals surface area contributed by atoms with Gasteiger partial charge in [0.15, 0.2) is 17.3 Å². The fourth-order valence-electron chi connectivity index (χ4n) is 3.89. The molecule has 2 aliphatic carbocycles. The summed E-state index contributed by atoms with van der Waals surface area (Å²) in [7, 11) is 0. The highest BCUT2D eigenvalue weighted by Crippen LogP contribution is 2.36.